The minimum Gasteiger partial charge on any atom is -0.351 e. The summed E-state index contributed by atoms with van der Waals surface area (Å²) in [6, 6.07) is 11.8. The Bertz CT molecular complexity index is 448. The zero-order valence-corrected chi connectivity index (χ0v) is 9.49. The number of hydrogen-bond donors (Lipinski definition) is 1. The van der Waals surface area contributed by atoms with Crippen LogP contribution in [0.15, 0.2) is 36.4 Å². The van der Waals surface area contributed by atoms with Gasteiger partial charge in [0.2, 0.25) is 0 Å². The predicted molar refractivity (Wildman–Crippen MR) is 64.3 cm³/mol. The monoisotopic (exact) mass is 297 g/mol. The standard InChI is InChI=1S/C11H8INO/c12-10-6-9(7-14)13-11(10)8-4-2-1-3-5-8/h1-7,13H. The van der Waals surface area contributed by atoms with E-state index in [1.807, 2.05) is 36.4 Å². The number of hydrogen-bond acceptors (Lipinski definition) is 1. The number of halogens is 1. The first-order chi connectivity index (χ1) is 6.81. The van der Waals surface area contributed by atoms with Crippen LogP contribution in [-0.4, -0.2) is 11.3 Å². The van der Waals surface area contributed by atoms with Crippen molar-refractivity contribution in [2.24, 2.45) is 0 Å². The molecule has 2 aromatic rings. The zero-order valence-electron chi connectivity index (χ0n) is 7.33. The van der Waals surface area contributed by atoms with E-state index in [0.717, 1.165) is 21.1 Å². The molecule has 0 saturated heterocycles. The largest absolute Gasteiger partial charge is 0.351 e. The Balaban J connectivity index is 2.51. The molecule has 0 radical (unpaired) electrons. The molecule has 0 bridgehead atoms. The van der Waals surface area contributed by atoms with Gasteiger partial charge in [-0.1, -0.05) is 30.3 Å². The minimum absolute atomic E-state index is 0.619. The molecule has 1 aromatic heterocycles. The van der Waals surface area contributed by atoms with E-state index in [4.69, 9.17) is 0 Å². The average Bonchev–Trinajstić information content (AvgIpc) is 2.61. The van der Waals surface area contributed by atoms with Crippen LogP contribution >= 0.6 is 22.6 Å². The third-order valence-corrected chi connectivity index (χ3v) is 2.83. The topological polar surface area (TPSA) is 32.9 Å². The molecule has 2 nitrogen and oxygen atoms in total. The van der Waals surface area contributed by atoms with Crippen molar-refractivity contribution >= 4 is 28.9 Å². The molecule has 0 aliphatic rings. The number of nitrogens with one attached hydrogen (secondary N) is 1. The second-order valence-corrected chi connectivity index (χ2v) is 4.09. The number of aromatic nitrogens is 1. The third-order valence-electron chi connectivity index (χ3n) is 1.98. The SMILES string of the molecule is O=Cc1cc(I)c(-c2ccccc2)[nH]1. The molecular formula is C11H8INO. The van der Waals surface area contributed by atoms with E-state index in [9.17, 15) is 4.79 Å². The van der Waals surface area contributed by atoms with Crippen molar-refractivity contribution in [1.29, 1.82) is 0 Å². The van der Waals surface area contributed by atoms with Crippen molar-refractivity contribution in [2.75, 3.05) is 0 Å². The number of H-pyrrole nitrogens is 1. The number of aromatic amines is 1. The van der Waals surface area contributed by atoms with Gasteiger partial charge in [-0.05, 0) is 34.2 Å². The highest BCUT2D eigenvalue weighted by atomic mass is 127. The quantitative estimate of drug-likeness (QED) is 0.670. The zero-order chi connectivity index (χ0) is 9.97. The minimum atomic E-state index is 0.619. The summed E-state index contributed by atoms with van der Waals surface area (Å²) in [6.07, 6.45) is 0.828. The van der Waals surface area contributed by atoms with E-state index in [-0.39, 0.29) is 0 Å². The second-order valence-electron chi connectivity index (χ2n) is 2.93. The Morgan fingerprint density at radius 2 is 1.93 bits per heavy atom. The lowest BCUT2D eigenvalue weighted by molar-refractivity contribution is 0.111. The van der Waals surface area contributed by atoms with Crippen LogP contribution in [0, 0.1) is 3.57 Å². The summed E-state index contributed by atoms with van der Waals surface area (Å²) in [5.74, 6) is 0. The molecule has 0 saturated carbocycles. The molecule has 2 rings (SSSR count). The molecule has 14 heavy (non-hydrogen) atoms. The summed E-state index contributed by atoms with van der Waals surface area (Å²) >= 11 is 2.22. The average molecular weight is 297 g/mol. The number of carbonyl (C=O) groups is 1. The smallest absolute Gasteiger partial charge is 0.166 e. The van der Waals surface area contributed by atoms with Crippen LogP contribution in [0.3, 0.4) is 0 Å². The fourth-order valence-corrected chi connectivity index (χ4v) is 2.11. The number of aldehydes is 1. The van der Waals surface area contributed by atoms with Crippen LogP contribution in [0.4, 0.5) is 0 Å². The first-order valence-corrected chi connectivity index (χ1v) is 5.28. The maximum atomic E-state index is 10.6. The van der Waals surface area contributed by atoms with Gasteiger partial charge >= 0.3 is 0 Å². The van der Waals surface area contributed by atoms with Crippen LogP contribution in [0.2, 0.25) is 0 Å². The van der Waals surface area contributed by atoms with Crippen molar-refractivity contribution in [1.82, 2.24) is 4.98 Å². The number of rotatable bonds is 2. The normalized spacial score (nSPS) is 10.1. The summed E-state index contributed by atoms with van der Waals surface area (Å²) in [5, 5.41) is 0. The first-order valence-electron chi connectivity index (χ1n) is 4.20. The molecule has 0 aliphatic heterocycles. The van der Waals surface area contributed by atoms with Crippen LogP contribution in [0.5, 0.6) is 0 Å². The lowest BCUT2D eigenvalue weighted by Gasteiger charge is -1.97. The van der Waals surface area contributed by atoms with Gasteiger partial charge in [-0.2, -0.15) is 0 Å². The Hall–Kier alpha value is -1.10. The predicted octanol–water partition coefficient (Wildman–Crippen LogP) is 3.10. The van der Waals surface area contributed by atoms with Gasteiger partial charge in [-0.3, -0.25) is 4.79 Å². The summed E-state index contributed by atoms with van der Waals surface area (Å²) in [6.45, 7) is 0. The van der Waals surface area contributed by atoms with E-state index < -0.39 is 0 Å². The molecule has 1 N–H and O–H groups in total. The summed E-state index contributed by atoms with van der Waals surface area (Å²) < 4.78 is 1.07. The van der Waals surface area contributed by atoms with Crippen molar-refractivity contribution in [3.8, 4) is 11.3 Å². The molecule has 0 unspecified atom stereocenters. The summed E-state index contributed by atoms with van der Waals surface area (Å²) in [7, 11) is 0. The summed E-state index contributed by atoms with van der Waals surface area (Å²) in [4.78, 5) is 13.6. The Morgan fingerprint density at radius 3 is 2.50 bits per heavy atom. The summed E-state index contributed by atoms with van der Waals surface area (Å²) in [5.41, 5.74) is 2.73. The molecule has 1 heterocycles. The van der Waals surface area contributed by atoms with Gasteiger partial charge in [0.05, 0.1) is 11.4 Å². The molecule has 0 spiro atoms. The Labute approximate surface area is 95.5 Å². The van der Waals surface area contributed by atoms with Gasteiger partial charge in [-0.25, -0.2) is 0 Å². The molecule has 0 amide bonds. The second kappa shape index (κ2) is 3.96. The molecule has 70 valence electrons. The molecular weight excluding hydrogens is 289 g/mol. The van der Waals surface area contributed by atoms with E-state index in [0.29, 0.717) is 5.69 Å². The van der Waals surface area contributed by atoms with Gasteiger partial charge < -0.3 is 4.98 Å². The first kappa shape index (κ1) is 9.45. The van der Waals surface area contributed by atoms with Crippen molar-refractivity contribution in [2.45, 2.75) is 0 Å². The highest BCUT2D eigenvalue weighted by molar-refractivity contribution is 14.1. The third kappa shape index (κ3) is 1.72. The molecule has 3 heteroatoms. The van der Waals surface area contributed by atoms with E-state index in [1.165, 1.54) is 0 Å². The maximum absolute atomic E-state index is 10.6. The van der Waals surface area contributed by atoms with Crippen molar-refractivity contribution in [3.63, 3.8) is 0 Å². The van der Waals surface area contributed by atoms with Crippen LogP contribution in [0.1, 0.15) is 10.5 Å². The maximum Gasteiger partial charge on any atom is 0.166 e. The van der Waals surface area contributed by atoms with Gasteiger partial charge in [-0.15, -0.1) is 0 Å². The molecule has 0 atom stereocenters. The Kier molecular flexibility index (Phi) is 2.67. The fraction of sp³-hybridized carbons (Fsp3) is 0. The van der Waals surface area contributed by atoms with Crippen LogP contribution in [-0.2, 0) is 0 Å². The lowest BCUT2D eigenvalue weighted by Crippen LogP contribution is -1.80. The van der Waals surface area contributed by atoms with E-state index in [2.05, 4.69) is 27.6 Å². The van der Waals surface area contributed by atoms with Gasteiger partial charge in [0, 0.05) is 3.57 Å². The van der Waals surface area contributed by atoms with Gasteiger partial charge in [0.15, 0.2) is 6.29 Å². The number of carbonyl (C=O) groups excluding carboxylic acids is 1. The molecule has 0 aliphatic carbocycles. The van der Waals surface area contributed by atoms with Gasteiger partial charge in [0.25, 0.3) is 0 Å². The van der Waals surface area contributed by atoms with E-state index >= 15 is 0 Å². The fourth-order valence-electron chi connectivity index (χ4n) is 1.33. The van der Waals surface area contributed by atoms with Crippen molar-refractivity contribution < 1.29 is 4.79 Å². The molecule has 1 aromatic carbocycles. The number of benzene rings is 1. The lowest BCUT2D eigenvalue weighted by atomic mass is 10.2. The van der Waals surface area contributed by atoms with Gasteiger partial charge in [0.1, 0.15) is 0 Å². The van der Waals surface area contributed by atoms with Crippen molar-refractivity contribution in [3.05, 3.63) is 45.7 Å². The Morgan fingerprint density at radius 1 is 1.21 bits per heavy atom. The van der Waals surface area contributed by atoms with E-state index in [1.54, 1.807) is 0 Å². The van der Waals surface area contributed by atoms with Crippen LogP contribution in [0.25, 0.3) is 11.3 Å². The highest BCUT2D eigenvalue weighted by Gasteiger charge is 2.06. The molecule has 0 fully saturated rings. The van der Waals surface area contributed by atoms with Crippen LogP contribution < -0.4 is 0 Å². The highest BCUT2D eigenvalue weighted by Crippen LogP contribution is 2.24.